The highest BCUT2D eigenvalue weighted by atomic mass is 13.8. The molecule has 0 amide bonds. The molecule has 0 aliphatic rings. The third kappa shape index (κ3) is 5.12. The van der Waals surface area contributed by atoms with Crippen molar-refractivity contribution in [2.24, 2.45) is 0 Å². The minimum atomic E-state index is 0.659. The van der Waals surface area contributed by atoms with Crippen molar-refractivity contribution in [1.82, 2.24) is 0 Å². The molecule has 0 N–H and O–H groups in total. The maximum Gasteiger partial charge on any atom is -0.0306 e. The van der Waals surface area contributed by atoms with E-state index in [4.69, 9.17) is 12.8 Å². The molecule has 0 aliphatic heterocycles. The first-order chi connectivity index (χ1) is 3.41. The molecule has 0 aromatic carbocycles. The SMILES string of the molecule is [C-]#CCCCC#[C-]. The van der Waals surface area contributed by atoms with Crippen molar-refractivity contribution in [3.63, 3.8) is 0 Å². The molecule has 0 saturated heterocycles. The first kappa shape index (κ1) is 6.12. The Hall–Kier alpha value is -0.880. The van der Waals surface area contributed by atoms with E-state index in [0.717, 1.165) is 6.42 Å². The standard InChI is InChI=1S/C7H6/c1-3-5-7-6-4-2/h5-7H2/q-2. The lowest BCUT2D eigenvalue weighted by Gasteiger charge is -1.90. The highest BCUT2D eigenvalue weighted by Crippen LogP contribution is 1.89. The maximum absolute atomic E-state index is 6.44. The van der Waals surface area contributed by atoms with E-state index >= 15 is 0 Å². The van der Waals surface area contributed by atoms with Gasteiger partial charge in [0.2, 0.25) is 0 Å². The molecule has 0 heteroatoms. The second-order valence-corrected chi connectivity index (χ2v) is 1.21. The predicted molar refractivity (Wildman–Crippen MR) is 28.1 cm³/mol. The number of hydrogen-bond acceptors (Lipinski definition) is 0. The van der Waals surface area contributed by atoms with Crippen LogP contribution in [0.1, 0.15) is 19.3 Å². The van der Waals surface area contributed by atoms with Gasteiger partial charge in [-0.1, -0.05) is 0 Å². The third-order valence-corrected chi connectivity index (χ3v) is 0.604. The van der Waals surface area contributed by atoms with Crippen LogP contribution in [0.15, 0.2) is 0 Å². The molecule has 0 radical (unpaired) electrons. The highest BCUT2D eigenvalue weighted by molar-refractivity contribution is 4.81. The number of hydrogen-bond donors (Lipinski definition) is 0. The second kappa shape index (κ2) is 5.12. The molecule has 36 valence electrons. The molecular formula is C7H6-2. The Morgan fingerprint density at radius 2 is 1.43 bits per heavy atom. The zero-order valence-electron chi connectivity index (χ0n) is 4.12. The monoisotopic (exact) mass is 90.0 g/mol. The van der Waals surface area contributed by atoms with Crippen molar-refractivity contribution < 1.29 is 0 Å². The smallest absolute Gasteiger partial charge is 0.0306 e. The number of unbranched alkanes of at least 4 members (excludes halogenated alkanes) is 2. The molecule has 0 rings (SSSR count). The van der Waals surface area contributed by atoms with E-state index in [1.165, 1.54) is 0 Å². The lowest BCUT2D eigenvalue weighted by molar-refractivity contribution is 0.903. The molecule has 0 atom stereocenters. The van der Waals surface area contributed by atoms with Crippen LogP contribution in [0.4, 0.5) is 0 Å². The van der Waals surface area contributed by atoms with E-state index in [1.807, 2.05) is 0 Å². The van der Waals surface area contributed by atoms with Gasteiger partial charge in [0, 0.05) is 0 Å². The summed E-state index contributed by atoms with van der Waals surface area (Å²) in [5, 5.41) is 0. The number of rotatable bonds is 2. The molecule has 0 heterocycles. The van der Waals surface area contributed by atoms with Gasteiger partial charge in [-0.25, -0.2) is 0 Å². The summed E-state index contributed by atoms with van der Waals surface area (Å²) in [6.07, 6.45) is 15.0. The quantitative estimate of drug-likeness (QED) is 0.272. The third-order valence-electron chi connectivity index (χ3n) is 0.604. The lowest BCUT2D eigenvalue weighted by atomic mass is 10.2. The van der Waals surface area contributed by atoms with Gasteiger partial charge in [0.25, 0.3) is 0 Å². The molecule has 0 spiro atoms. The molecule has 0 unspecified atom stereocenters. The van der Waals surface area contributed by atoms with Crippen LogP contribution in [0, 0.1) is 24.7 Å². The lowest BCUT2D eigenvalue weighted by Crippen LogP contribution is -1.65. The average molecular weight is 90.1 g/mol. The van der Waals surface area contributed by atoms with Crippen LogP contribution in [-0.2, 0) is 0 Å². The zero-order valence-corrected chi connectivity index (χ0v) is 4.12. The summed E-state index contributed by atoms with van der Waals surface area (Å²) in [6, 6.07) is 0. The summed E-state index contributed by atoms with van der Waals surface area (Å²) < 4.78 is 0. The zero-order chi connectivity index (χ0) is 5.54. The van der Waals surface area contributed by atoms with E-state index in [9.17, 15) is 0 Å². The fraction of sp³-hybridized carbons (Fsp3) is 0.429. The Balaban J connectivity index is 2.77. The summed E-state index contributed by atoms with van der Waals surface area (Å²) in [5.41, 5.74) is 0. The Kier molecular flexibility index (Phi) is 4.48. The van der Waals surface area contributed by atoms with Crippen molar-refractivity contribution in [2.45, 2.75) is 19.3 Å². The van der Waals surface area contributed by atoms with Crippen molar-refractivity contribution in [2.75, 3.05) is 0 Å². The fourth-order valence-corrected chi connectivity index (χ4v) is 0.265. The molecule has 0 nitrogen and oxygen atoms in total. The van der Waals surface area contributed by atoms with Crippen LogP contribution < -0.4 is 0 Å². The molecule has 0 aliphatic carbocycles. The average Bonchev–Trinajstić information content (AvgIpc) is 1.69. The van der Waals surface area contributed by atoms with Crippen LogP contribution in [0.25, 0.3) is 0 Å². The van der Waals surface area contributed by atoms with Gasteiger partial charge >= 0.3 is 0 Å². The van der Waals surface area contributed by atoms with E-state index in [1.54, 1.807) is 0 Å². The molecule has 0 aromatic rings. The highest BCUT2D eigenvalue weighted by Gasteiger charge is 1.67. The van der Waals surface area contributed by atoms with Gasteiger partial charge < -0.3 is 24.7 Å². The first-order valence-electron chi connectivity index (χ1n) is 2.21. The molecule has 0 bridgehead atoms. The van der Waals surface area contributed by atoms with Gasteiger partial charge in [-0.05, 0) is 19.3 Å². The normalized spacial score (nSPS) is 6.57. The molecular weight excluding hydrogens is 84.1 g/mol. The molecule has 0 aromatic heterocycles. The Morgan fingerprint density at radius 3 is 1.71 bits per heavy atom. The van der Waals surface area contributed by atoms with Crippen LogP contribution >= 0.6 is 0 Å². The predicted octanol–water partition coefficient (Wildman–Crippen LogP) is 1.34. The van der Waals surface area contributed by atoms with Crippen molar-refractivity contribution in [3.05, 3.63) is 12.8 Å². The van der Waals surface area contributed by atoms with E-state index in [2.05, 4.69) is 11.8 Å². The summed E-state index contributed by atoms with van der Waals surface area (Å²) in [7, 11) is 0. The van der Waals surface area contributed by atoms with E-state index < -0.39 is 0 Å². The molecule has 0 fully saturated rings. The maximum atomic E-state index is 6.44. The fourth-order valence-electron chi connectivity index (χ4n) is 0.265. The molecule has 7 heavy (non-hydrogen) atoms. The summed E-state index contributed by atoms with van der Waals surface area (Å²) in [4.78, 5) is 0. The van der Waals surface area contributed by atoms with Crippen LogP contribution in [-0.4, -0.2) is 0 Å². The summed E-state index contributed by atoms with van der Waals surface area (Å²) in [6.45, 7) is 0. The molecule has 0 saturated carbocycles. The summed E-state index contributed by atoms with van der Waals surface area (Å²) >= 11 is 0. The van der Waals surface area contributed by atoms with Gasteiger partial charge in [0.1, 0.15) is 0 Å². The van der Waals surface area contributed by atoms with Crippen molar-refractivity contribution in [1.29, 1.82) is 0 Å². The van der Waals surface area contributed by atoms with Gasteiger partial charge in [-0.15, -0.1) is 0 Å². The van der Waals surface area contributed by atoms with Crippen LogP contribution in [0.2, 0.25) is 0 Å². The van der Waals surface area contributed by atoms with E-state index in [0.29, 0.717) is 12.8 Å². The Morgan fingerprint density at radius 1 is 1.00 bits per heavy atom. The van der Waals surface area contributed by atoms with Crippen molar-refractivity contribution >= 4 is 0 Å². The van der Waals surface area contributed by atoms with Gasteiger partial charge in [-0.2, -0.15) is 0 Å². The first-order valence-corrected chi connectivity index (χ1v) is 2.21. The Labute approximate surface area is 44.9 Å². The van der Waals surface area contributed by atoms with Gasteiger partial charge in [-0.3, -0.25) is 0 Å². The van der Waals surface area contributed by atoms with Gasteiger partial charge in [0.05, 0.1) is 0 Å². The van der Waals surface area contributed by atoms with Crippen molar-refractivity contribution in [3.8, 4) is 11.8 Å². The topological polar surface area (TPSA) is 0 Å². The van der Waals surface area contributed by atoms with Crippen LogP contribution in [0.3, 0.4) is 0 Å². The minimum Gasteiger partial charge on any atom is -0.694 e. The summed E-state index contributed by atoms with van der Waals surface area (Å²) in [5.74, 6) is 4.46. The largest absolute Gasteiger partial charge is 0.694 e. The van der Waals surface area contributed by atoms with Crippen LogP contribution in [0.5, 0.6) is 0 Å². The minimum absolute atomic E-state index is 0.659. The van der Waals surface area contributed by atoms with E-state index in [-0.39, 0.29) is 0 Å². The van der Waals surface area contributed by atoms with Gasteiger partial charge in [0.15, 0.2) is 0 Å². The Bertz CT molecular complexity index is 84.2. The second-order valence-electron chi connectivity index (χ2n) is 1.21.